The van der Waals surface area contributed by atoms with Gasteiger partial charge in [0.2, 0.25) is 0 Å². The van der Waals surface area contributed by atoms with E-state index in [2.05, 4.69) is 45.0 Å². The minimum atomic E-state index is 0.632. The molecule has 0 amide bonds. The van der Waals surface area contributed by atoms with Gasteiger partial charge in [-0.3, -0.25) is 0 Å². The molecule has 0 aliphatic rings. The van der Waals surface area contributed by atoms with Gasteiger partial charge in [-0.1, -0.05) is 54.5 Å². The van der Waals surface area contributed by atoms with E-state index in [4.69, 9.17) is 0 Å². The van der Waals surface area contributed by atoms with Crippen molar-refractivity contribution in [1.29, 1.82) is 0 Å². The molecule has 0 bridgehead atoms. The number of hydrogen-bond acceptors (Lipinski definition) is 2. The Labute approximate surface area is 88.9 Å². The second kappa shape index (κ2) is 5.61. The first-order valence-corrected chi connectivity index (χ1v) is 6.95. The highest BCUT2D eigenvalue weighted by Crippen LogP contribution is 2.32. The minimum absolute atomic E-state index is 0.632. The third kappa shape index (κ3) is 3.65. The maximum absolute atomic E-state index is 2.29. The molecule has 0 fully saturated rings. The van der Waals surface area contributed by atoms with Gasteiger partial charge in [0.05, 0.1) is 0 Å². The highest BCUT2D eigenvalue weighted by Gasteiger charge is 2.00. The number of benzene rings is 1. The average molecular weight is 212 g/mol. The first-order chi connectivity index (χ1) is 6.24. The van der Waals surface area contributed by atoms with Crippen LogP contribution >= 0.6 is 21.6 Å². The van der Waals surface area contributed by atoms with Crippen molar-refractivity contribution >= 4 is 21.6 Å². The van der Waals surface area contributed by atoms with E-state index in [-0.39, 0.29) is 0 Å². The van der Waals surface area contributed by atoms with E-state index < -0.39 is 0 Å². The lowest BCUT2D eigenvalue weighted by atomic mass is 10.0. The molecule has 0 atom stereocenters. The van der Waals surface area contributed by atoms with Crippen LogP contribution in [0.1, 0.15) is 32.3 Å². The zero-order chi connectivity index (χ0) is 9.68. The maximum Gasteiger partial charge on any atom is 0.0185 e. The largest absolute Gasteiger partial charge is 0.0892 e. The second-order valence-electron chi connectivity index (χ2n) is 3.22. The summed E-state index contributed by atoms with van der Waals surface area (Å²) in [6, 6.07) is 8.82. The van der Waals surface area contributed by atoms with Crippen LogP contribution in [0.2, 0.25) is 0 Å². The molecule has 0 aromatic heterocycles. The van der Waals surface area contributed by atoms with Crippen LogP contribution in [0.15, 0.2) is 29.2 Å². The average Bonchev–Trinajstić information content (AvgIpc) is 2.15. The Balaban J connectivity index is 2.68. The van der Waals surface area contributed by atoms with Gasteiger partial charge in [-0.05, 0) is 23.6 Å². The molecule has 0 N–H and O–H groups in total. The number of hydrogen-bond donors (Lipinski definition) is 0. The van der Waals surface area contributed by atoms with Gasteiger partial charge in [0.25, 0.3) is 0 Å². The van der Waals surface area contributed by atoms with Crippen LogP contribution in [0.5, 0.6) is 0 Å². The van der Waals surface area contributed by atoms with E-state index in [0.29, 0.717) is 5.92 Å². The normalized spacial score (nSPS) is 10.8. The van der Waals surface area contributed by atoms with Gasteiger partial charge in [0, 0.05) is 10.6 Å². The highest BCUT2D eigenvalue weighted by molar-refractivity contribution is 8.76. The molecule has 0 radical (unpaired) electrons. The maximum atomic E-state index is 2.29. The fourth-order valence-corrected chi connectivity index (χ4v) is 2.70. The summed E-state index contributed by atoms with van der Waals surface area (Å²) in [5.41, 5.74) is 1.43. The second-order valence-corrected chi connectivity index (χ2v) is 5.88. The Hall–Kier alpha value is -0.0800. The monoisotopic (exact) mass is 212 g/mol. The standard InChI is InChI=1S/C11H16S2/c1-4-12-13-11-7-5-6-10(8-11)9(2)3/h5-9H,4H2,1-3H3. The summed E-state index contributed by atoms with van der Waals surface area (Å²) < 4.78 is 0. The van der Waals surface area contributed by atoms with Crippen molar-refractivity contribution in [3.63, 3.8) is 0 Å². The van der Waals surface area contributed by atoms with E-state index in [1.807, 2.05) is 21.6 Å². The Kier molecular flexibility index (Phi) is 4.74. The molecule has 0 saturated carbocycles. The van der Waals surface area contributed by atoms with Crippen LogP contribution in [0.25, 0.3) is 0 Å². The molecule has 2 heteroatoms. The van der Waals surface area contributed by atoms with E-state index in [9.17, 15) is 0 Å². The minimum Gasteiger partial charge on any atom is -0.0892 e. The summed E-state index contributed by atoms with van der Waals surface area (Å²) in [7, 11) is 3.77. The zero-order valence-electron chi connectivity index (χ0n) is 8.41. The van der Waals surface area contributed by atoms with Crippen molar-refractivity contribution < 1.29 is 0 Å². The fourth-order valence-electron chi connectivity index (χ4n) is 1.05. The molecule has 0 nitrogen and oxygen atoms in total. The lowest BCUT2D eigenvalue weighted by molar-refractivity contribution is 0.862. The van der Waals surface area contributed by atoms with Crippen LogP contribution in [0.4, 0.5) is 0 Å². The summed E-state index contributed by atoms with van der Waals surface area (Å²) >= 11 is 0. The van der Waals surface area contributed by atoms with Crippen LogP contribution < -0.4 is 0 Å². The van der Waals surface area contributed by atoms with Crippen molar-refractivity contribution in [2.45, 2.75) is 31.6 Å². The van der Waals surface area contributed by atoms with Crippen molar-refractivity contribution in [2.75, 3.05) is 5.75 Å². The molecule has 1 aromatic carbocycles. The summed E-state index contributed by atoms with van der Waals surface area (Å²) in [4.78, 5) is 1.37. The fraction of sp³-hybridized carbons (Fsp3) is 0.455. The summed E-state index contributed by atoms with van der Waals surface area (Å²) in [6.07, 6.45) is 0. The molecule has 13 heavy (non-hydrogen) atoms. The first-order valence-electron chi connectivity index (χ1n) is 4.63. The topological polar surface area (TPSA) is 0 Å². The molecule has 1 rings (SSSR count). The van der Waals surface area contributed by atoms with Crippen molar-refractivity contribution in [3.05, 3.63) is 29.8 Å². The van der Waals surface area contributed by atoms with Gasteiger partial charge in [-0.15, -0.1) is 0 Å². The molecule has 1 aromatic rings. The van der Waals surface area contributed by atoms with E-state index in [1.54, 1.807) is 0 Å². The van der Waals surface area contributed by atoms with Crippen molar-refractivity contribution in [2.24, 2.45) is 0 Å². The molecule has 0 saturated heterocycles. The number of rotatable bonds is 4. The van der Waals surface area contributed by atoms with Crippen LogP contribution in [0, 0.1) is 0 Å². The Morgan fingerprint density at radius 1 is 1.31 bits per heavy atom. The zero-order valence-corrected chi connectivity index (χ0v) is 10.0. The van der Waals surface area contributed by atoms with Gasteiger partial charge >= 0.3 is 0 Å². The predicted molar refractivity (Wildman–Crippen MR) is 64.5 cm³/mol. The van der Waals surface area contributed by atoms with Crippen molar-refractivity contribution in [1.82, 2.24) is 0 Å². The van der Waals surface area contributed by atoms with Gasteiger partial charge < -0.3 is 0 Å². The van der Waals surface area contributed by atoms with E-state index in [1.165, 1.54) is 10.5 Å². The Morgan fingerprint density at radius 3 is 2.69 bits per heavy atom. The predicted octanol–water partition coefficient (Wildman–Crippen LogP) is 4.57. The summed E-state index contributed by atoms with van der Waals surface area (Å²) in [6.45, 7) is 6.65. The third-order valence-electron chi connectivity index (χ3n) is 1.80. The summed E-state index contributed by atoms with van der Waals surface area (Å²) in [5.74, 6) is 1.79. The highest BCUT2D eigenvalue weighted by atomic mass is 33.1. The molecular weight excluding hydrogens is 196 g/mol. The van der Waals surface area contributed by atoms with Gasteiger partial charge in [-0.25, -0.2) is 0 Å². The molecule has 72 valence electrons. The molecule has 0 spiro atoms. The molecular formula is C11H16S2. The first kappa shape index (κ1) is 11.0. The Morgan fingerprint density at radius 2 is 2.08 bits per heavy atom. The quantitative estimate of drug-likeness (QED) is 0.671. The SMILES string of the molecule is CCSSc1cccc(C(C)C)c1. The molecule has 0 unspecified atom stereocenters. The Bertz CT molecular complexity index is 256. The van der Waals surface area contributed by atoms with Gasteiger partial charge in [0.1, 0.15) is 0 Å². The third-order valence-corrected chi connectivity index (χ3v) is 4.24. The van der Waals surface area contributed by atoms with Crippen LogP contribution in [-0.4, -0.2) is 5.75 Å². The van der Waals surface area contributed by atoms with Gasteiger partial charge in [-0.2, -0.15) is 0 Å². The lowest BCUT2D eigenvalue weighted by Gasteiger charge is -2.06. The molecule has 0 aliphatic carbocycles. The lowest BCUT2D eigenvalue weighted by Crippen LogP contribution is -1.85. The summed E-state index contributed by atoms with van der Waals surface area (Å²) in [5, 5.41) is 0. The van der Waals surface area contributed by atoms with Gasteiger partial charge in [0.15, 0.2) is 0 Å². The molecule has 0 aliphatic heterocycles. The van der Waals surface area contributed by atoms with E-state index in [0.717, 1.165) is 5.75 Å². The smallest absolute Gasteiger partial charge is 0.0185 e. The van der Waals surface area contributed by atoms with Crippen LogP contribution in [0.3, 0.4) is 0 Å². The van der Waals surface area contributed by atoms with Crippen molar-refractivity contribution in [3.8, 4) is 0 Å². The van der Waals surface area contributed by atoms with Crippen LogP contribution in [-0.2, 0) is 0 Å². The van der Waals surface area contributed by atoms with E-state index >= 15 is 0 Å². The molecule has 0 heterocycles.